The molecule has 1 aromatic heterocycles. The third-order valence-electron chi connectivity index (χ3n) is 6.65. The summed E-state index contributed by atoms with van der Waals surface area (Å²) in [5.74, 6) is 0.199. The third-order valence-corrected chi connectivity index (χ3v) is 6.65. The van der Waals surface area contributed by atoms with Gasteiger partial charge in [0.15, 0.2) is 5.82 Å². The summed E-state index contributed by atoms with van der Waals surface area (Å²) in [7, 11) is 0. The summed E-state index contributed by atoms with van der Waals surface area (Å²) in [4.78, 5) is 45.3. The highest BCUT2D eigenvalue weighted by atomic mass is 16.2. The zero-order valence-electron chi connectivity index (χ0n) is 21.9. The van der Waals surface area contributed by atoms with Crippen molar-refractivity contribution in [1.29, 1.82) is 0 Å². The van der Waals surface area contributed by atoms with Crippen LogP contribution in [0.5, 0.6) is 0 Å². The molecule has 9 nitrogen and oxygen atoms in total. The van der Waals surface area contributed by atoms with Crippen molar-refractivity contribution in [1.82, 2.24) is 19.8 Å². The molecule has 1 aliphatic rings. The van der Waals surface area contributed by atoms with Gasteiger partial charge in [-0.15, -0.1) is 0 Å². The van der Waals surface area contributed by atoms with E-state index >= 15 is 0 Å². The largest absolute Gasteiger partial charge is 0.343 e. The number of piperidine rings is 1. The highest BCUT2D eigenvalue weighted by Crippen LogP contribution is 2.25. The topological polar surface area (TPSA) is 122 Å². The first-order valence-corrected chi connectivity index (χ1v) is 12.9. The van der Waals surface area contributed by atoms with Crippen LogP contribution in [0.25, 0.3) is 0 Å². The molecule has 1 saturated heterocycles. The minimum atomic E-state index is -1.10. The molecule has 0 spiro atoms. The van der Waals surface area contributed by atoms with E-state index in [1.165, 1.54) is 0 Å². The van der Waals surface area contributed by atoms with E-state index < -0.39 is 23.5 Å². The van der Waals surface area contributed by atoms with Gasteiger partial charge in [-0.05, 0) is 44.6 Å². The second-order valence-corrected chi connectivity index (χ2v) is 10.4. The van der Waals surface area contributed by atoms with Gasteiger partial charge in [0.2, 0.25) is 17.7 Å². The quantitative estimate of drug-likeness (QED) is 0.467. The van der Waals surface area contributed by atoms with Crippen LogP contribution >= 0.6 is 0 Å². The number of amides is 3. The molecule has 0 saturated carbocycles. The lowest BCUT2D eigenvalue weighted by molar-refractivity contribution is -0.135. The fraction of sp³-hybridized carbons (Fsp3) is 0.556. The molecule has 1 aliphatic heterocycles. The van der Waals surface area contributed by atoms with Crippen LogP contribution < -0.4 is 16.4 Å². The van der Waals surface area contributed by atoms with Crippen molar-refractivity contribution in [2.24, 2.45) is 11.7 Å². The Morgan fingerprint density at radius 2 is 1.83 bits per heavy atom. The number of hydrogen-bond donors (Lipinski definition) is 3. The van der Waals surface area contributed by atoms with Gasteiger partial charge in [0, 0.05) is 19.3 Å². The highest BCUT2D eigenvalue weighted by Gasteiger charge is 2.31. The lowest BCUT2D eigenvalue weighted by atomic mass is 9.97. The number of hydrogen-bond acceptors (Lipinski definition) is 5. The molecule has 4 N–H and O–H groups in total. The van der Waals surface area contributed by atoms with Gasteiger partial charge in [-0.25, -0.2) is 4.98 Å². The fourth-order valence-electron chi connectivity index (χ4n) is 4.26. The van der Waals surface area contributed by atoms with Gasteiger partial charge in [0.1, 0.15) is 12.1 Å². The first kappa shape index (κ1) is 27.4. The number of carbonyl (C=O) groups is 3. The first-order chi connectivity index (χ1) is 17.1. The van der Waals surface area contributed by atoms with Crippen molar-refractivity contribution in [2.75, 3.05) is 18.4 Å². The Morgan fingerprint density at radius 3 is 2.44 bits per heavy atom. The van der Waals surface area contributed by atoms with E-state index in [-0.39, 0.29) is 11.8 Å². The van der Waals surface area contributed by atoms with Crippen LogP contribution in [0.15, 0.2) is 42.9 Å². The summed E-state index contributed by atoms with van der Waals surface area (Å²) in [5.41, 5.74) is 5.66. The molecule has 1 aromatic carbocycles. The van der Waals surface area contributed by atoms with Crippen LogP contribution in [0, 0.1) is 5.92 Å². The van der Waals surface area contributed by atoms with Gasteiger partial charge in [-0.1, -0.05) is 57.0 Å². The Labute approximate surface area is 213 Å². The van der Waals surface area contributed by atoms with E-state index in [2.05, 4.69) is 22.5 Å². The Hall–Kier alpha value is -3.20. The molecule has 0 aliphatic carbocycles. The monoisotopic (exact) mass is 496 g/mol. The summed E-state index contributed by atoms with van der Waals surface area (Å²) < 4.78 is 1.74. The normalized spacial score (nSPS) is 16.3. The van der Waals surface area contributed by atoms with Crippen molar-refractivity contribution in [3.8, 4) is 0 Å². The van der Waals surface area contributed by atoms with Crippen molar-refractivity contribution >= 4 is 23.5 Å². The van der Waals surface area contributed by atoms with E-state index in [1.54, 1.807) is 30.9 Å². The van der Waals surface area contributed by atoms with Crippen molar-refractivity contribution in [3.63, 3.8) is 0 Å². The minimum Gasteiger partial charge on any atom is -0.343 e. The lowest BCUT2D eigenvalue weighted by Gasteiger charge is -2.33. The number of aromatic nitrogens is 2. The molecular formula is C27H40N6O3. The van der Waals surface area contributed by atoms with Crippen LogP contribution in [-0.4, -0.2) is 56.8 Å². The van der Waals surface area contributed by atoms with Crippen LogP contribution in [-0.2, 0) is 14.4 Å². The summed E-state index contributed by atoms with van der Waals surface area (Å²) in [6.07, 6.45) is 7.37. The number of nitrogens with zero attached hydrogens (tertiary/aromatic N) is 3. The van der Waals surface area contributed by atoms with Crippen molar-refractivity contribution < 1.29 is 14.4 Å². The van der Waals surface area contributed by atoms with Gasteiger partial charge in [0.25, 0.3) is 0 Å². The van der Waals surface area contributed by atoms with E-state index in [4.69, 9.17) is 5.73 Å². The first-order valence-electron chi connectivity index (χ1n) is 12.9. The molecule has 0 bridgehead atoms. The number of benzene rings is 1. The molecule has 1 fully saturated rings. The molecule has 9 heteroatoms. The van der Waals surface area contributed by atoms with E-state index in [0.717, 1.165) is 44.3 Å². The number of carbonyl (C=O) groups excluding carboxylic acids is 3. The standard InChI is InChI=1S/C27H40N6O3/c1-5-6-12-21(30-26(36)27(3,4)28)24(34)31-22-17-33(18-29-22)23(20-10-8-7-9-11-20)25(35)32-15-13-19(2)14-16-32/h7-11,17-19,21,23H,5-6,12-16,28H2,1-4H3,(H,30,36)(H,31,34)/t21-,23-/m1/s1. The number of likely N-dealkylation sites (tertiary alicyclic amines) is 1. The van der Waals surface area contributed by atoms with Crippen molar-refractivity contribution in [3.05, 3.63) is 48.4 Å². The average molecular weight is 497 g/mol. The summed E-state index contributed by atoms with van der Waals surface area (Å²) >= 11 is 0. The maximum Gasteiger partial charge on any atom is 0.250 e. The predicted octanol–water partition coefficient (Wildman–Crippen LogP) is 3.08. The third kappa shape index (κ3) is 7.16. The number of unbranched alkanes of at least 4 members (excludes halogenated alkanes) is 1. The van der Waals surface area contributed by atoms with Gasteiger partial charge >= 0.3 is 0 Å². The SMILES string of the molecule is CCCC[C@@H](NC(=O)C(C)(C)N)C(=O)Nc1cn([C@@H](C(=O)N2CCC(C)CC2)c2ccccc2)cn1. The van der Waals surface area contributed by atoms with E-state index in [1.807, 2.05) is 42.2 Å². The Morgan fingerprint density at radius 1 is 1.17 bits per heavy atom. The van der Waals surface area contributed by atoms with Crippen LogP contribution in [0.1, 0.15) is 71.4 Å². The average Bonchev–Trinajstić information content (AvgIpc) is 3.29. The number of nitrogens with one attached hydrogen (secondary N) is 2. The minimum absolute atomic E-state index is 0.0154. The number of nitrogens with two attached hydrogens (primary N) is 1. The molecule has 3 amide bonds. The molecule has 0 unspecified atom stereocenters. The predicted molar refractivity (Wildman–Crippen MR) is 140 cm³/mol. The Kier molecular flexibility index (Phi) is 9.25. The molecule has 2 atom stereocenters. The Bertz CT molecular complexity index is 1020. The smallest absolute Gasteiger partial charge is 0.250 e. The second kappa shape index (κ2) is 12.2. The highest BCUT2D eigenvalue weighted by molar-refractivity contribution is 5.97. The maximum atomic E-state index is 13.6. The fourth-order valence-corrected chi connectivity index (χ4v) is 4.26. The molecule has 2 aromatic rings. The van der Waals surface area contributed by atoms with Gasteiger partial charge in [-0.2, -0.15) is 0 Å². The zero-order chi connectivity index (χ0) is 26.3. The molecule has 196 valence electrons. The lowest BCUT2D eigenvalue weighted by Crippen LogP contribution is -2.54. The van der Waals surface area contributed by atoms with Crippen LogP contribution in [0.3, 0.4) is 0 Å². The van der Waals surface area contributed by atoms with Crippen LogP contribution in [0.4, 0.5) is 5.82 Å². The molecule has 36 heavy (non-hydrogen) atoms. The number of rotatable bonds is 10. The molecule has 3 rings (SSSR count). The van der Waals surface area contributed by atoms with Crippen molar-refractivity contribution in [2.45, 2.75) is 77.4 Å². The number of anilines is 1. The molecule has 2 heterocycles. The summed E-state index contributed by atoms with van der Waals surface area (Å²) in [6, 6.07) is 8.29. The molecule has 0 radical (unpaired) electrons. The second-order valence-electron chi connectivity index (χ2n) is 10.4. The summed E-state index contributed by atoms with van der Waals surface area (Å²) in [5, 5.41) is 5.57. The maximum absolute atomic E-state index is 13.6. The number of imidazole rings is 1. The van der Waals surface area contributed by atoms with E-state index in [9.17, 15) is 14.4 Å². The Balaban J connectivity index is 1.79. The van der Waals surface area contributed by atoms with Gasteiger partial charge in [0.05, 0.1) is 11.9 Å². The molecular weight excluding hydrogens is 456 g/mol. The van der Waals surface area contributed by atoms with Gasteiger partial charge in [-0.3, -0.25) is 14.4 Å². The van der Waals surface area contributed by atoms with Gasteiger partial charge < -0.3 is 25.8 Å². The van der Waals surface area contributed by atoms with Crippen LogP contribution in [0.2, 0.25) is 0 Å². The van der Waals surface area contributed by atoms with E-state index in [0.29, 0.717) is 18.2 Å². The zero-order valence-corrected chi connectivity index (χ0v) is 21.9. The summed E-state index contributed by atoms with van der Waals surface area (Å²) in [6.45, 7) is 8.90.